The van der Waals surface area contributed by atoms with Gasteiger partial charge in [0.25, 0.3) is 0 Å². The Morgan fingerprint density at radius 2 is 2.11 bits per heavy atom. The Bertz CT molecular complexity index is 406. The van der Waals surface area contributed by atoms with Crippen LogP contribution in [0.15, 0.2) is 29.2 Å². The lowest BCUT2D eigenvalue weighted by atomic mass is 10.2. The van der Waals surface area contributed by atoms with E-state index in [0.717, 1.165) is 23.5 Å². The molecule has 0 heterocycles. The molecule has 0 radical (unpaired) electrons. The Morgan fingerprint density at radius 1 is 1.44 bits per heavy atom. The maximum Gasteiger partial charge on any atom is 0.320 e. The highest BCUT2D eigenvalue weighted by Gasteiger charge is 2.35. The second kappa shape index (κ2) is 6.20. The van der Waals surface area contributed by atoms with Gasteiger partial charge in [0, 0.05) is 17.2 Å². The lowest BCUT2D eigenvalue weighted by Gasteiger charge is -2.12. The largest absolute Gasteiger partial charge is 0.480 e. The summed E-state index contributed by atoms with van der Waals surface area (Å²) in [6.07, 6.45) is 2.02. The van der Waals surface area contributed by atoms with E-state index in [9.17, 15) is 9.18 Å². The van der Waals surface area contributed by atoms with Crippen molar-refractivity contribution < 1.29 is 14.3 Å². The molecule has 1 atom stereocenters. The van der Waals surface area contributed by atoms with E-state index in [2.05, 4.69) is 5.32 Å². The highest BCUT2D eigenvalue weighted by molar-refractivity contribution is 7.99. The Hall–Kier alpha value is -1.07. The highest BCUT2D eigenvalue weighted by atomic mass is 32.2. The highest BCUT2D eigenvalue weighted by Crippen LogP contribution is 2.32. The SMILES string of the molecule is O=C(O)C(NCCSc1ccc(F)cc1)C1CC1. The van der Waals surface area contributed by atoms with E-state index in [1.807, 2.05) is 0 Å². The molecule has 1 aliphatic rings. The fraction of sp³-hybridized carbons (Fsp3) is 0.462. The zero-order chi connectivity index (χ0) is 13.0. The second-order valence-electron chi connectivity index (χ2n) is 4.41. The molecule has 1 aliphatic carbocycles. The molecule has 1 aromatic rings. The lowest BCUT2D eigenvalue weighted by Crippen LogP contribution is -2.39. The number of aliphatic carboxylic acids is 1. The van der Waals surface area contributed by atoms with Gasteiger partial charge < -0.3 is 10.4 Å². The van der Waals surface area contributed by atoms with E-state index in [-0.39, 0.29) is 5.82 Å². The number of benzene rings is 1. The topological polar surface area (TPSA) is 49.3 Å². The molecular formula is C13H16FNO2S. The number of halogens is 1. The Kier molecular flexibility index (Phi) is 4.60. The van der Waals surface area contributed by atoms with E-state index in [1.165, 1.54) is 12.1 Å². The van der Waals surface area contributed by atoms with Gasteiger partial charge in [0.2, 0.25) is 0 Å². The molecule has 1 aromatic carbocycles. The fourth-order valence-corrected chi connectivity index (χ4v) is 2.58. The molecule has 2 rings (SSSR count). The van der Waals surface area contributed by atoms with Crippen molar-refractivity contribution in [3.05, 3.63) is 30.1 Å². The zero-order valence-electron chi connectivity index (χ0n) is 9.93. The molecule has 0 aliphatic heterocycles. The summed E-state index contributed by atoms with van der Waals surface area (Å²) in [5.41, 5.74) is 0. The van der Waals surface area contributed by atoms with Gasteiger partial charge in [-0.3, -0.25) is 4.79 Å². The predicted molar refractivity (Wildman–Crippen MR) is 69.3 cm³/mol. The summed E-state index contributed by atoms with van der Waals surface area (Å²) in [4.78, 5) is 12.0. The van der Waals surface area contributed by atoms with E-state index >= 15 is 0 Å². The van der Waals surface area contributed by atoms with Crippen LogP contribution in [0.4, 0.5) is 4.39 Å². The number of carbonyl (C=O) groups is 1. The van der Waals surface area contributed by atoms with Gasteiger partial charge in [-0.05, 0) is 43.0 Å². The van der Waals surface area contributed by atoms with Crippen molar-refractivity contribution in [3.8, 4) is 0 Å². The van der Waals surface area contributed by atoms with Crippen molar-refractivity contribution in [2.24, 2.45) is 5.92 Å². The van der Waals surface area contributed by atoms with Crippen LogP contribution in [0.3, 0.4) is 0 Å². The fourth-order valence-electron chi connectivity index (χ4n) is 1.80. The summed E-state index contributed by atoms with van der Waals surface area (Å²) < 4.78 is 12.7. The minimum Gasteiger partial charge on any atom is -0.480 e. The molecule has 1 fully saturated rings. The Balaban J connectivity index is 1.68. The van der Waals surface area contributed by atoms with E-state index in [4.69, 9.17) is 5.11 Å². The molecule has 5 heteroatoms. The first-order valence-corrected chi connectivity index (χ1v) is 7.00. The number of nitrogens with one attached hydrogen (secondary N) is 1. The van der Waals surface area contributed by atoms with Crippen LogP contribution in [-0.2, 0) is 4.79 Å². The van der Waals surface area contributed by atoms with Crippen LogP contribution in [0.2, 0.25) is 0 Å². The van der Waals surface area contributed by atoms with Gasteiger partial charge in [-0.2, -0.15) is 0 Å². The van der Waals surface area contributed by atoms with Gasteiger partial charge >= 0.3 is 5.97 Å². The van der Waals surface area contributed by atoms with Gasteiger partial charge in [0.05, 0.1) is 0 Å². The number of hydrogen-bond acceptors (Lipinski definition) is 3. The number of carboxylic acid groups (broad SMARTS) is 1. The van der Waals surface area contributed by atoms with E-state index in [0.29, 0.717) is 12.5 Å². The van der Waals surface area contributed by atoms with Gasteiger partial charge in [-0.1, -0.05) is 0 Å². The molecule has 18 heavy (non-hydrogen) atoms. The monoisotopic (exact) mass is 269 g/mol. The van der Waals surface area contributed by atoms with Gasteiger partial charge in [-0.25, -0.2) is 4.39 Å². The molecule has 1 unspecified atom stereocenters. The molecule has 0 saturated heterocycles. The van der Waals surface area contributed by atoms with Gasteiger partial charge in [0.15, 0.2) is 0 Å². The number of carboxylic acids is 1. The van der Waals surface area contributed by atoms with Crippen LogP contribution >= 0.6 is 11.8 Å². The van der Waals surface area contributed by atoms with Crippen LogP contribution in [0.1, 0.15) is 12.8 Å². The summed E-state index contributed by atoms with van der Waals surface area (Å²) >= 11 is 1.59. The standard InChI is InChI=1S/C13H16FNO2S/c14-10-3-5-11(6-4-10)18-8-7-15-12(13(16)17)9-1-2-9/h3-6,9,12,15H,1-2,7-8H2,(H,16,17). The Labute approximate surface area is 110 Å². The molecule has 0 amide bonds. The first-order valence-electron chi connectivity index (χ1n) is 6.01. The number of thioether (sulfide) groups is 1. The lowest BCUT2D eigenvalue weighted by molar-refractivity contribution is -0.140. The number of rotatable bonds is 7. The summed E-state index contributed by atoms with van der Waals surface area (Å²) in [5.74, 6) is 0.0852. The smallest absolute Gasteiger partial charge is 0.320 e. The summed E-state index contributed by atoms with van der Waals surface area (Å²) in [5, 5.41) is 12.1. The molecule has 2 N–H and O–H groups in total. The van der Waals surface area contributed by atoms with Crippen LogP contribution < -0.4 is 5.32 Å². The van der Waals surface area contributed by atoms with Crippen LogP contribution in [0, 0.1) is 11.7 Å². The van der Waals surface area contributed by atoms with Crippen LogP contribution in [0.5, 0.6) is 0 Å². The molecular weight excluding hydrogens is 253 g/mol. The van der Waals surface area contributed by atoms with E-state index in [1.54, 1.807) is 23.9 Å². The second-order valence-corrected chi connectivity index (χ2v) is 5.58. The predicted octanol–water partition coefficient (Wildman–Crippen LogP) is 2.37. The quantitative estimate of drug-likeness (QED) is 0.589. The maximum absolute atomic E-state index is 12.7. The normalized spacial score (nSPS) is 16.5. The molecule has 0 bridgehead atoms. The van der Waals surface area contributed by atoms with Crippen molar-refractivity contribution in [1.82, 2.24) is 5.32 Å². The minimum absolute atomic E-state index is 0.239. The first-order chi connectivity index (χ1) is 8.66. The van der Waals surface area contributed by atoms with Gasteiger partial charge in [-0.15, -0.1) is 11.8 Å². The van der Waals surface area contributed by atoms with Crippen molar-refractivity contribution in [2.75, 3.05) is 12.3 Å². The first kappa shape index (κ1) is 13.4. The van der Waals surface area contributed by atoms with E-state index < -0.39 is 12.0 Å². The molecule has 1 saturated carbocycles. The molecule has 3 nitrogen and oxygen atoms in total. The maximum atomic E-state index is 12.7. The third-order valence-electron chi connectivity index (χ3n) is 2.91. The number of hydrogen-bond donors (Lipinski definition) is 2. The molecule has 0 spiro atoms. The van der Waals surface area contributed by atoms with Crippen molar-refractivity contribution in [1.29, 1.82) is 0 Å². The summed E-state index contributed by atoms with van der Waals surface area (Å²) in [7, 11) is 0. The molecule has 98 valence electrons. The molecule has 0 aromatic heterocycles. The summed E-state index contributed by atoms with van der Waals surface area (Å²) in [6, 6.07) is 5.92. The third-order valence-corrected chi connectivity index (χ3v) is 3.92. The van der Waals surface area contributed by atoms with Crippen LogP contribution in [-0.4, -0.2) is 29.4 Å². The average Bonchev–Trinajstić information content (AvgIpc) is 3.15. The van der Waals surface area contributed by atoms with Crippen molar-refractivity contribution >= 4 is 17.7 Å². The Morgan fingerprint density at radius 3 is 2.67 bits per heavy atom. The average molecular weight is 269 g/mol. The summed E-state index contributed by atoms with van der Waals surface area (Å²) in [6.45, 7) is 0.648. The minimum atomic E-state index is -0.760. The third kappa shape index (κ3) is 3.99. The van der Waals surface area contributed by atoms with Crippen LogP contribution in [0.25, 0.3) is 0 Å². The zero-order valence-corrected chi connectivity index (χ0v) is 10.8. The van der Waals surface area contributed by atoms with Crippen molar-refractivity contribution in [3.63, 3.8) is 0 Å². The van der Waals surface area contributed by atoms with Gasteiger partial charge in [0.1, 0.15) is 11.9 Å². The van der Waals surface area contributed by atoms with Crippen molar-refractivity contribution in [2.45, 2.75) is 23.8 Å².